The Labute approximate surface area is 176 Å². The van der Waals surface area contributed by atoms with Crippen molar-refractivity contribution in [1.29, 1.82) is 0 Å². The largest absolute Gasteiger partial charge is 0.458 e. The van der Waals surface area contributed by atoms with Gasteiger partial charge in [-0.25, -0.2) is 4.79 Å². The normalized spacial score (nSPS) is 13.6. The van der Waals surface area contributed by atoms with Crippen LogP contribution in [0.1, 0.15) is 31.9 Å². The molecule has 1 amide bonds. The Bertz CT molecular complexity index is 1010. The summed E-state index contributed by atoms with van der Waals surface area (Å²) in [4.78, 5) is 28.7. The average Bonchev–Trinajstić information content (AvgIpc) is 3.10. The molecule has 0 saturated carbocycles. The predicted octanol–water partition coefficient (Wildman–Crippen LogP) is 3.11. The van der Waals surface area contributed by atoms with E-state index in [1.807, 2.05) is 60.8 Å². The van der Waals surface area contributed by atoms with Gasteiger partial charge in [0, 0.05) is 23.5 Å². The summed E-state index contributed by atoms with van der Waals surface area (Å²) in [5.74, 6) is -0.855. The van der Waals surface area contributed by atoms with E-state index in [0.717, 1.165) is 22.0 Å². The van der Waals surface area contributed by atoms with E-state index in [2.05, 4.69) is 10.3 Å². The van der Waals surface area contributed by atoms with Crippen molar-refractivity contribution < 1.29 is 14.3 Å². The number of nitrogens with two attached hydrogens (primary N) is 1. The first-order chi connectivity index (χ1) is 14.2. The van der Waals surface area contributed by atoms with Crippen molar-refractivity contribution in [2.45, 2.75) is 51.3 Å². The van der Waals surface area contributed by atoms with Gasteiger partial charge in [0.15, 0.2) is 0 Å². The van der Waals surface area contributed by atoms with Crippen molar-refractivity contribution in [2.75, 3.05) is 0 Å². The van der Waals surface area contributed by atoms with Gasteiger partial charge in [0.05, 0.1) is 6.04 Å². The molecule has 0 aliphatic rings. The maximum atomic E-state index is 12.8. The molecule has 1 aromatic heterocycles. The summed E-state index contributed by atoms with van der Waals surface area (Å²) >= 11 is 0. The number of carbonyl (C=O) groups is 2. The molecule has 158 valence electrons. The summed E-state index contributed by atoms with van der Waals surface area (Å²) in [5.41, 5.74) is 8.43. The minimum atomic E-state index is -0.812. The zero-order chi connectivity index (χ0) is 21.7. The lowest BCUT2D eigenvalue weighted by Crippen LogP contribution is -2.51. The Morgan fingerprint density at radius 1 is 1.03 bits per heavy atom. The lowest BCUT2D eigenvalue weighted by Gasteiger charge is -2.25. The maximum absolute atomic E-state index is 12.8. The quantitative estimate of drug-likeness (QED) is 0.524. The first-order valence-corrected chi connectivity index (χ1v) is 10.1. The fraction of sp³-hybridized carbons (Fsp3) is 0.333. The van der Waals surface area contributed by atoms with Gasteiger partial charge in [0.2, 0.25) is 5.91 Å². The Hall–Kier alpha value is -3.12. The first-order valence-electron chi connectivity index (χ1n) is 10.1. The second kappa shape index (κ2) is 9.13. The Morgan fingerprint density at radius 3 is 2.40 bits per heavy atom. The van der Waals surface area contributed by atoms with Crippen LogP contribution in [0.2, 0.25) is 0 Å². The summed E-state index contributed by atoms with van der Waals surface area (Å²) in [6.45, 7) is 5.40. The number of carbonyl (C=O) groups excluding carboxylic acids is 2. The number of H-pyrrole nitrogens is 1. The van der Waals surface area contributed by atoms with Gasteiger partial charge >= 0.3 is 5.97 Å². The molecule has 0 bridgehead atoms. The third kappa shape index (κ3) is 5.70. The van der Waals surface area contributed by atoms with Crippen LogP contribution in [-0.2, 0) is 27.2 Å². The van der Waals surface area contributed by atoms with Crippen molar-refractivity contribution >= 4 is 22.8 Å². The van der Waals surface area contributed by atoms with E-state index in [1.54, 1.807) is 20.8 Å². The van der Waals surface area contributed by atoms with Crippen molar-refractivity contribution in [3.8, 4) is 0 Å². The number of para-hydroxylation sites is 1. The van der Waals surface area contributed by atoms with E-state index in [0.29, 0.717) is 12.8 Å². The number of aromatic nitrogens is 1. The number of fused-ring (bicyclic) bond motifs is 1. The van der Waals surface area contributed by atoms with E-state index >= 15 is 0 Å². The fourth-order valence-corrected chi connectivity index (χ4v) is 3.32. The van der Waals surface area contributed by atoms with Crippen LogP contribution in [0.5, 0.6) is 0 Å². The lowest BCUT2D eigenvalue weighted by atomic mass is 10.0. The summed E-state index contributed by atoms with van der Waals surface area (Å²) < 4.78 is 5.52. The molecule has 0 aliphatic heterocycles. The highest BCUT2D eigenvalue weighted by Gasteiger charge is 2.28. The van der Waals surface area contributed by atoms with Gasteiger partial charge < -0.3 is 20.8 Å². The summed E-state index contributed by atoms with van der Waals surface area (Å²) in [5, 5.41) is 3.84. The molecule has 4 N–H and O–H groups in total. The van der Waals surface area contributed by atoms with Crippen LogP contribution in [0.25, 0.3) is 10.9 Å². The van der Waals surface area contributed by atoms with Crippen LogP contribution in [-0.4, -0.2) is 34.5 Å². The molecular weight excluding hydrogens is 378 g/mol. The van der Waals surface area contributed by atoms with Gasteiger partial charge in [-0.1, -0.05) is 48.5 Å². The molecule has 0 saturated heterocycles. The summed E-state index contributed by atoms with van der Waals surface area (Å²) in [6.07, 6.45) is 2.57. The number of benzene rings is 2. The molecule has 3 aromatic rings. The third-order valence-corrected chi connectivity index (χ3v) is 4.74. The van der Waals surface area contributed by atoms with Gasteiger partial charge in [0.1, 0.15) is 11.6 Å². The number of esters is 1. The van der Waals surface area contributed by atoms with E-state index in [9.17, 15) is 9.59 Å². The number of amides is 1. The maximum Gasteiger partial charge on any atom is 0.329 e. The molecule has 6 heteroatoms. The lowest BCUT2D eigenvalue weighted by molar-refractivity contribution is -0.158. The van der Waals surface area contributed by atoms with E-state index < -0.39 is 23.7 Å². The number of hydrogen-bond acceptors (Lipinski definition) is 4. The molecule has 0 radical (unpaired) electrons. The second-order valence-corrected chi connectivity index (χ2v) is 8.45. The van der Waals surface area contributed by atoms with E-state index in [4.69, 9.17) is 10.5 Å². The second-order valence-electron chi connectivity index (χ2n) is 8.45. The van der Waals surface area contributed by atoms with Gasteiger partial charge in [0.25, 0.3) is 0 Å². The van der Waals surface area contributed by atoms with Crippen molar-refractivity contribution in [1.82, 2.24) is 10.3 Å². The van der Waals surface area contributed by atoms with Crippen molar-refractivity contribution in [2.24, 2.45) is 5.73 Å². The Morgan fingerprint density at radius 2 is 1.70 bits per heavy atom. The van der Waals surface area contributed by atoms with Crippen LogP contribution < -0.4 is 11.1 Å². The Kier molecular flexibility index (Phi) is 6.57. The minimum absolute atomic E-state index is 0.335. The standard InChI is InChI=1S/C24H29N3O3/c1-24(2,3)30-23(29)21(13-16-9-5-4-6-10-16)27-22(28)19(25)14-17-15-26-20-12-8-7-11-18(17)20/h4-12,15,19,21,26H,13-14,25H2,1-3H3,(H,27,28)/t19-,21-/m0/s1. The Balaban J connectivity index is 1.71. The smallest absolute Gasteiger partial charge is 0.329 e. The highest BCUT2D eigenvalue weighted by molar-refractivity contribution is 5.89. The third-order valence-electron chi connectivity index (χ3n) is 4.74. The molecule has 1 heterocycles. The van der Waals surface area contributed by atoms with E-state index in [1.165, 1.54) is 0 Å². The highest BCUT2D eigenvalue weighted by Crippen LogP contribution is 2.19. The zero-order valence-electron chi connectivity index (χ0n) is 17.6. The van der Waals surface area contributed by atoms with Crippen LogP contribution in [0.4, 0.5) is 0 Å². The molecule has 2 aromatic carbocycles. The average molecular weight is 408 g/mol. The minimum Gasteiger partial charge on any atom is -0.458 e. The molecule has 0 unspecified atom stereocenters. The number of nitrogens with one attached hydrogen (secondary N) is 2. The van der Waals surface area contributed by atoms with E-state index in [-0.39, 0.29) is 5.91 Å². The van der Waals surface area contributed by atoms with Crippen LogP contribution in [0, 0.1) is 0 Å². The van der Waals surface area contributed by atoms with Crippen LogP contribution in [0.15, 0.2) is 60.8 Å². The van der Waals surface area contributed by atoms with Crippen LogP contribution >= 0.6 is 0 Å². The molecule has 6 nitrogen and oxygen atoms in total. The zero-order valence-corrected chi connectivity index (χ0v) is 17.6. The monoisotopic (exact) mass is 407 g/mol. The fourth-order valence-electron chi connectivity index (χ4n) is 3.32. The summed E-state index contributed by atoms with van der Waals surface area (Å²) in [6, 6.07) is 15.8. The topological polar surface area (TPSA) is 97.2 Å². The van der Waals surface area contributed by atoms with Gasteiger partial charge in [-0.05, 0) is 44.4 Å². The number of hydrogen-bond donors (Lipinski definition) is 3. The van der Waals surface area contributed by atoms with Crippen molar-refractivity contribution in [3.63, 3.8) is 0 Å². The van der Waals surface area contributed by atoms with Crippen LogP contribution in [0.3, 0.4) is 0 Å². The molecular formula is C24H29N3O3. The predicted molar refractivity (Wildman–Crippen MR) is 118 cm³/mol. The molecule has 0 fully saturated rings. The molecule has 30 heavy (non-hydrogen) atoms. The number of ether oxygens (including phenoxy) is 1. The molecule has 2 atom stereocenters. The highest BCUT2D eigenvalue weighted by atomic mass is 16.6. The molecule has 0 aliphatic carbocycles. The van der Waals surface area contributed by atoms with Gasteiger partial charge in [-0.2, -0.15) is 0 Å². The molecule has 0 spiro atoms. The summed E-state index contributed by atoms with van der Waals surface area (Å²) in [7, 11) is 0. The van der Waals surface area contributed by atoms with Gasteiger partial charge in [-0.15, -0.1) is 0 Å². The SMILES string of the molecule is CC(C)(C)OC(=O)[C@H](Cc1ccccc1)NC(=O)[C@@H](N)Cc1c[nH]c2ccccc12. The van der Waals surface area contributed by atoms with Crippen molar-refractivity contribution in [3.05, 3.63) is 71.9 Å². The number of aromatic amines is 1. The van der Waals surface area contributed by atoms with Gasteiger partial charge in [-0.3, -0.25) is 4.79 Å². The number of rotatable bonds is 7. The molecule has 3 rings (SSSR count). The first kappa shape index (κ1) is 21.6.